The highest BCUT2D eigenvalue weighted by atomic mass is 79.9. The number of nitrogens with one attached hydrogen (secondary N) is 1. The second kappa shape index (κ2) is 6.85. The third-order valence-corrected chi connectivity index (χ3v) is 3.57. The second-order valence-electron chi connectivity index (χ2n) is 4.71. The lowest BCUT2D eigenvalue weighted by Gasteiger charge is -2.31. The first-order valence-electron chi connectivity index (χ1n) is 6.49. The van der Waals surface area contributed by atoms with E-state index in [9.17, 15) is 9.59 Å². The summed E-state index contributed by atoms with van der Waals surface area (Å²) in [5.41, 5.74) is 0.530. The number of hydrogen-bond donors (Lipinski definition) is 1. The van der Waals surface area contributed by atoms with Crippen LogP contribution in [0, 0.1) is 0 Å². The van der Waals surface area contributed by atoms with Gasteiger partial charge in [0.05, 0.1) is 19.3 Å². The average Bonchev–Trinajstić information content (AvgIpc) is 2.44. The van der Waals surface area contributed by atoms with Crippen molar-refractivity contribution < 1.29 is 14.3 Å². The number of nitrogens with zero attached hydrogens (tertiary/aromatic N) is 1. The summed E-state index contributed by atoms with van der Waals surface area (Å²) >= 11 is 3.31. The van der Waals surface area contributed by atoms with Gasteiger partial charge in [0.15, 0.2) is 0 Å². The van der Waals surface area contributed by atoms with Gasteiger partial charge < -0.3 is 15.0 Å². The Labute approximate surface area is 126 Å². The van der Waals surface area contributed by atoms with E-state index in [0.29, 0.717) is 25.3 Å². The Morgan fingerprint density at radius 1 is 1.50 bits per heavy atom. The molecule has 2 amide bonds. The van der Waals surface area contributed by atoms with E-state index in [1.807, 2.05) is 13.0 Å². The van der Waals surface area contributed by atoms with E-state index < -0.39 is 0 Å². The zero-order chi connectivity index (χ0) is 14.5. The molecule has 1 heterocycles. The molecule has 0 radical (unpaired) electrons. The summed E-state index contributed by atoms with van der Waals surface area (Å²) in [6.45, 7) is 3.64. The van der Waals surface area contributed by atoms with Crippen LogP contribution in [0.15, 0.2) is 28.7 Å². The lowest BCUT2D eigenvalue weighted by molar-refractivity contribution is -0.137. The summed E-state index contributed by atoms with van der Waals surface area (Å²) in [6, 6.07) is 7.06. The summed E-state index contributed by atoms with van der Waals surface area (Å²) in [5, 5.41) is 2.65. The van der Waals surface area contributed by atoms with Gasteiger partial charge >= 0.3 is 0 Å². The number of ether oxygens (including phenoxy) is 1. The third kappa shape index (κ3) is 4.05. The number of carbonyl (C=O) groups is 2. The van der Waals surface area contributed by atoms with Crippen molar-refractivity contribution in [1.29, 1.82) is 0 Å². The van der Waals surface area contributed by atoms with Gasteiger partial charge in [-0.2, -0.15) is 0 Å². The SMILES string of the molecule is CC1CN(C(=O)CNC(=O)c2cccc(Br)c2)CCO1. The molecule has 1 N–H and O–H groups in total. The molecule has 6 heteroatoms. The first-order chi connectivity index (χ1) is 9.56. The minimum Gasteiger partial charge on any atom is -0.375 e. The van der Waals surface area contributed by atoms with Crippen molar-refractivity contribution in [3.05, 3.63) is 34.3 Å². The van der Waals surface area contributed by atoms with Crippen LogP contribution in [-0.4, -0.2) is 49.1 Å². The smallest absolute Gasteiger partial charge is 0.251 e. The molecule has 1 aromatic rings. The standard InChI is InChI=1S/C14H17BrN2O3/c1-10-9-17(5-6-20-10)13(18)8-16-14(19)11-3-2-4-12(15)7-11/h2-4,7,10H,5-6,8-9H2,1H3,(H,16,19). The molecule has 5 nitrogen and oxygen atoms in total. The van der Waals surface area contributed by atoms with E-state index in [1.165, 1.54) is 0 Å². The molecule has 1 atom stereocenters. The van der Waals surface area contributed by atoms with Gasteiger partial charge in [-0.25, -0.2) is 0 Å². The van der Waals surface area contributed by atoms with Gasteiger partial charge in [0, 0.05) is 23.1 Å². The maximum atomic E-state index is 12.0. The number of amides is 2. The van der Waals surface area contributed by atoms with Gasteiger partial charge in [-0.05, 0) is 25.1 Å². The summed E-state index contributed by atoms with van der Waals surface area (Å²) in [5.74, 6) is -0.329. The monoisotopic (exact) mass is 340 g/mol. The summed E-state index contributed by atoms with van der Waals surface area (Å²) in [6.07, 6.45) is 0.0495. The van der Waals surface area contributed by atoms with E-state index in [1.54, 1.807) is 23.1 Å². The Hall–Kier alpha value is -1.40. The van der Waals surface area contributed by atoms with Crippen LogP contribution < -0.4 is 5.32 Å². The number of benzene rings is 1. The lowest BCUT2D eigenvalue weighted by atomic mass is 10.2. The number of halogens is 1. The molecule has 0 aliphatic carbocycles. The molecule has 1 aromatic carbocycles. The van der Waals surface area contributed by atoms with Crippen LogP contribution in [0.3, 0.4) is 0 Å². The average molecular weight is 341 g/mol. The predicted molar refractivity (Wildman–Crippen MR) is 78.5 cm³/mol. The number of morpholine rings is 1. The molecule has 1 saturated heterocycles. The Morgan fingerprint density at radius 2 is 2.30 bits per heavy atom. The largest absolute Gasteiger partial charge is 0.375 e. The minimum atomic E-state index is -0.249. The van der Waals surface area contributed by atoms with Crippen LogP contribution in [0.1, 0.15) is 17.3 Å². The number of rotatable bonds is 3. The van der Waals surface area contributed by atoms with Gasteiger partial charge in [-0.15, -0.1) is 0 Å². The van der Waals surface area contributed by atoms with E-state index in [-0.39, 0.29) is 24.5 Å². The molecule has 2 rings (SSSR count). The zero-order valence-corrected chi connectivity index (χ0v) is 12.9. The second-order valence-corrected chi connectivity index (χ2v) is 5.63. The Bertz CT molecular complexity index is 507. The fourth-order valence-corrected chi connectivity index (χ4v) is 2.44. The van der Waals surface area contributed by atoms with E-state index in [2.05, 4.69) is 21.2 Å². The molecule has 0 bridgehead atoms. The fourth-order valence-electron chi connectivity index (χ4n) is 2.04. The molecular formula is C14H17BrN2O3. The highest BCUT2D eigenvalue weighted by Gasteiger charge is 2.21. The van der Waals surface area contributed by atoms with Crippen molar-refractivity contribution in [2.24, 2.45) is 0 Å². The summed E-state index contributed by atoms with van der Waals surface area (Å²) < 4.78 is 6.21. The number of carbonyl (C=O) groups excluding carboxylic acids is 2. The first kappa shape index (κ1) is 15.0. The van der Waals surface area contributed by atoms with Gasteiger partial charge in [-0.1, -0.05) is 22.0 Å². The van der Waals surface area contributed by atoms with Gasteiger partial charge in [-0.3, -0.25) is 9.59 Å². The molecule has 108 valence electrons. The Morgan fingerprint density at radius 3 is 3.00 bits per heavy atom. The van der Waals surface area contributed by atoms with Crippen molar-refractivity contribution in [3.8, 4) is 0 Å². The quantitative estimate of drug-likeness (QED) is 0.905. The van der Waals surface area contributed by atoms with Crippen LogP contribution in [0.2, 0.25) is 0 Å². The molecule has 1 aliphatic rings. The van der Waals surface area contributed by atoms with E-state index >= 15 is 0 Å². The summed E-state index contributed by atoms with van der Waals surface area (Å²) in [4.78, 5) is 25.6. The normalized spacial score (nSPS) is 18.7. The van der Waals surface area contributed by atoms with Crippen molar-refractivity contribution in [3.63, 3.8) is 0 Å². The van der Waals surface area contributed by atoms with Crippen LogP contribution >= 0.6 is 15.9 Å². The predicted octanol–water partition coefficient (Wildman–Crippen LogP) is 1.43. The molecule has 0 spiro atoms. The molecule has 1 aliphatic heterocycles. The first-order valence-corrected chi connectivity index (χ1v) is 7.28. The maximum Gasteiger partial charge on any atom is 0.251 e. The molecule has 0 saturated carbocycles. The van der Waals surface area contributed by atoms with Crippen molar-refractivity contribution in [2.45, 2.75) is 13.0 Å². The topological polar surface area (TPSA) is 58.6 Å². The van der Waals surface area contributed by atoms with E-state index in [0.717, 1.165) is 4.47 Å². The zero-order valence-electron chi connectivity index (χ0n) is 11.3. The van der Waals surface area contributed by atoms with Crippen LogP contribution in [0.4, 0.5) is 0 Å². The van der Waals surface area contributed by atoms with Crippen LogP contribution in [0.5, 0.6) is 0 Å². The van der Waals surface area contributed by atoms with Crippen molar-refractivity contribution in [2.75, 3.05) is 26.2 Å². The molecule has 0 aromatic heterocycles. The maximum absolute atomic E-state index is 12.0. The highest BCUT2D eigenvalue weighted by Crippen LogP contribution is 2.11. The fraction of sp³-hybridized carbons (Fsp3) is 0.429. The molecule has 1 fully saturated rings. The van der Waals surface area contributed by atoms with Gasteiger partial charge in [0.2, 0.25) is 5.91 Å². The lowest BCUT2D eigenvalue weighted by Crippen LogP contribution is -2.48. The van der Waals surface area contributed by atoms with Gasteiger partial charge in [0.25, 0.3) is 5.91 Å². The van der Waals surface area contributed by atoms with E-state index in [4.69, 9.17) is 4.74 Å². The minimum absolute atomic E-state index is 0.0120. The van der Waals surface area contributed by atoms with Crippen LogP contribution in [0.25, 0.3) is 0 Å². The highest BCUT2D eigenvalue weighted by molar-refractivity contribution is 9.10. The number of hydrogen-bond acceptors (Lipinski definition) is 3. The summed E-state index contributed by atoms with van der Waals surface area (Å²) in [7, 11) is 0. The molecular weight excluding hydrogens is 324 g/mol. The molecule has 20 heavy (non-hydrogen) atoms. The van der Waals surface area contributed by atoms with Crippen molar-refractivity contribution in [1.82, 2.24) is 10.2 Å². The Balaban J connectivity index is 1.85. The van der Waals surface area contributed by atoms with Crippen LogP contribution in [-0.2, 0) is 9.53 Å². The Kier molecular flexibility index (Phi) is 5.14. The molecule has 1 unspecified atom stereocenters. The van der Waals surface area contributed by atoms with Crippen molar-refractivity contribution >= 4 is 27.7 Å². The van der Waals surface area contributed by atoms with Gasteiger partial charge in [0.1, 0.15) is 0 Å². The third-order valence-electron chi connectivity index (χ3n) is 3.08.